The lowest BCUT2D eigenvalue weighted by Crippen LogP contribution is -1.91. The lowest BCUT2D eigenvalue weighted by atomic mass is 9.85. The summed E-state index contributed by atoms with van der Waals surface area (Å²) in [6, 6.07) is -19.1. The normalized spacial score (nSPS) is 20.1. The molecule has 0 radical (unpaired) electrons. The Bertz CT molecular complexity index is 3740. The number of benzene rings is 8. The fourth-order valence-corrected chi connectivity index (χ4v) is 6.22. The minimum atomic E-state index is -0.910. The maximum atomic E-state index is 9.45. The molecular weight excluding hydrogens is 513 g/mol. The van der Waals surface area contributed by atoms with Gasteiger partial charge in [0.25, 0.3) is 0 Å². The molecule has 190 valence electrons. The Kier molecular flexibility index (Phi) is 2.04. The molecule has 0 fully saturated rings. The highest BCUT2D eigenvalue weighted by atomic mass is 32.1. The van der Waals surface area contributed by atoms with Crippen LogP contribution in [0.3, 0.4) is 0 Å². The Balaban J connectivity index is 1.65. The van der Waals surface area contributed by atoms with E-state index >= 15 is 0 Å². The van der Waals surface area contributed by atoms with Crippen LogP contribution < -0.4 is 0 Å². The summed E-state index contributed by atoms with van der Waals surface area (Å²) in [6.07, 6.45) is 0. The number of hydrogen-bond donors (Lipinski definition) is 0. The van der Waals surface area contributed by atoms with Gasteiger partial charge in [-0.15, -0.1) is 11.3 Å². The molecule has 0 N–H and O–H groups in total. The van der Waals surface area contributed by atoms with Gasteiger partial charge in [0.2, 0.25) is 0 Å². The fourth-order valence-electron chi connectivity index (χ4n) is 5.09. The van der Waals surface area contributed by atoms with Crippen molar-refractivity contribution in [3.05, 3.63) is 145 Å². The summed E-state index contributed by atoms with van der Waals surface area (Å²) in [6.45, 7) is 0. The van der Waals surface area contributed by atoms with E-state index in [1.54, 1.807) is 0 Å². The van der Waals surface area contributed by atoms with E-state index in [0.717, 1.165) is 0 Å². The van der Waals surface area contributed by atoms with Gasteiger partial charge in [0.15, 0.2) is 0 Å². The smallest absolute Gasteiger partial charge is 0.0644 e. The third-order valence-electron chi connectivity index (χ3n) is 6.81. The molecule has 0 unspecified atom stereocenters. The van der Waals surface area contributed by atoms with Crippen LogP contribution in [0.5, 0.6) is 0 Å². The van der Waals surface area contributed by atoms with Gasteiger partial charge >= 0.3 is 0 Å². The second kappa shape index (κ2) is 8.76. The van der Waals surface area contributed by atoms with Gasteiger partial charge in [0.05, 0.1) is 32.9 Å². The third-order valence-corrected chi connectivity index (χ3v) is 7.93. The van der Waals surface area contributed by atoms with Gasteiger partial charge in [0, 0.05) is 25.7 Å². The lowest BCUT2D eigenvalue weighted by Gasteiger charge is -2.18. The van der Waals surface area contributed by atoms with Crippen molar-refractivity contribution in [1.82, 2.24) is 0 Å². The van der Waals surface area contributed by atoms with Crippen molar-refractivity contribution in [1.29, 1.82) is 0 Å². The number of hydrogen-bond acceptors (Lipinski definition) is 1. The molecule has 9 rings (SSSR count). The van der Waals surface area contributed by atoms with Gasteiger partial charge in [-0.3, -0.25) is 0 Å². The molecule has 0 aliphatic rings. The highest BCUT2D eigenvalue weighted by Crippen LogP contribution is 2.48. The first-order valence-corrected chi connectivity index (χ1v) is 13.0. The van der Waals surface area contributed by atoms with Crippen molar-refractivity contribution in [2.45, 2.75) is 0 Å². The molecule has 0 bridgehead atoms. The fraction of sp³-hybridized carbons (Fsp3) is 0. The van der Waals surface area contributed by atoms with Crippen molar-refractivity contribution in [3.63, 3.8) is 0 Å². The second-order valence-corrected chi connectivity index (χ2v) is 10.0. The highest BCUT2D eigenvalue weighted by molar-refractivity contribution is 7.26. The first-order chi connectivity index (χ1) is 30.3. The Morgan fingerprint density at radius 2 is 0.927 bits per heavy atom. The summed E-state index contributed by atoms with van der Waals surface area (Å²) in [4.78, 5) is 0. The van der Waals surface area contributed by atoms with E-state index in [1.807, 2.05) is 0 Å². The Hall–Kier alpha value is -4.98. The molecule has 0 spiro atoms. The van der Waals surface area contributed by atoms with Gasteiger partial charge in [-0.1, -0.05) is 127 Å². The van der Waals surface area contributed by atoms with Crippen LogP contribution in [-0.2, 0) is 0 Å². The quantitative estimate of drug-likeness (QED) is 0.184. The summed E-state index contributed by atoms with van der Waals surface area (Å²) in [7, 11) is 0. The molecule has 0 aliphatic heterocycles. The van der Waals surface area contributed by atoms with Crippen LogP contribution in [0.15, 0.2) is 145 Å². The maximum Gasteiger partial charge on any atom is 0.0644 e. The SMILES string of the molecule is [2H]c1c([2H])c([2H])c2c(sc3c([2H])c4c([2H])c([2H])c([2H])c([2H])c4c([2H])c32)c1-c1c2c([2H])c([2H])c([2H])c([2H])c2c(-c2c([2H])c([2H])c3c([2H])c([2H])c([2H])c([2H])c3c2[2H])c2c([2H])c([2H])c([2H])c([2H])c12. The average Bonchev–Trinajstić information content (AvgIpc) is 3.68. The molecule has 0 saturated heterocycles. The molecule has 8 aromatic carbocycles. The van der Waals surface area contributed by atoms with E-state index in [-0.39, 0.29) is 30.9 Å². The van der Waals surface area contributed by atoms with Crippen molar-refractivity contribution in [3.8, 4) is 22.3 Å². The van der Waals surface area contributed by atoms with Crippen molar-refractivity contribution in [2.75, 3.05) is 0 Å². The first-order valence-electron chi connectivity index (χ1n) is 24.2. The predicted molar refractivity (Wildman–Crippen MR) is 180 cm³/mol. The van der Waals surface area contributed by atoms with Gasteiger partial charge in [-0.05, 0) is 77.9 Å². The van der Waals surface area contributed by atoms with Crippen molar-refractivity contribution in [2.24, 2.45) is 0 Å². The highest BCUT2D eigenvalue weighted by Gasteiger charge is 2.19. The van der Waals surface area contributed by atoms with Crippen LogP contribution in [0, 0.1) is 0 Å². The molecule has 0 atom stereocenters. The van der Waals surface area contributed by atoms with Crippen LogP contribution in [0.25, 0.3) is 85.5 Å². The van der Waals surface area contributed by atoms with E-state index in [1.165, 1.54) is 0 Å². The van der Waals surface area contributed by atoms with Crippen molar-refractivity contribution >= 4 is 74.6 Å². The average molecular weight is 561 g/mol. The van der Waals surface area contributed by atoms with Crippen LogP contribution in [0.4, 0.5) is 0 Å². The van der Waals surface area contributed by atoms with Crippen LogP contribution >= 0.6 is 11.3 Å². The Morgan fingerprint density at radius 3 is 1.61 bits per heavy atom. The molecule has 41 heavy (non-hydrogen) atoms. The Labute approximate surface area is 275 Å². The molecule has 9 aromatic rings. The minimum absolute atomic E-state index is 0.141. The first kappa shape index (κ1) is 9.55. The van der Waals surface area contributed by atoms with Gasteiger partial charge in [-0.2, -0.15) is 0 Å². The molecule has 1 aromatic heterocycles. The second-order valence-electron chi connectivity index (χ2n) is 9.01. The zero-order valence-electron chi connectivity index (χ0n) is 44.4. The molecule has 0 aliphatic carbocycles. The molecule has 0 amide bonds. The van der Waals surface area contributed by atoms with E-state index in [9.17, 15) is 12.3 Å². The van der Waals surface area contributed by atoms with E-state index in [2.05, 4.69) is 0 Å². The summed E-state index contributed by atoms with van der Waals surface area (Å²) in [5, 5.41) is -4.76. The molecule has 0 saturated carbocycles. The van der Waals surface area contributed by atoms with E-state index in [0.29, 0.717) is 11.3 Å². The number of thiophene rings is 1. The summed E-state index contributed by atoms with van der Waals surface area (Å²) < 4.78 is 214. The monoisotopic (exact) mass is 560 g/mol. The zero-order chi connectivity index (χ0) is 47.8. The third kappa shape index (κ3) is 3.40. The minimum Gasteiger partial charge on any atom is -0.135 e. The van der Waals surface area contributed by atoms with E-state index in [4.69, 9.17) is 20.6 Å². The molecule has 0 nitrogen and oxygen atoms in total. The lowest BCUT2D eigenvalue weighted by molar-refractivity contribution is 1.69. The molecule has 1 heteroatoms. The largest absolute Gasteiger partial charge is 0.135 e. The molecule has 1 heterocycles. The number of rotatable bonds is 2. The van der Waals surface area contributed by atoms with Gasteiger partial charge < -0.3 is 0 Å². The van der Waals surface area contributed by atoms with E-state index < -0.39 is 200 Å². The zero-order valence-corrected chi connectivity index (χ0v) is 21.2. The molecular formula is C40H24S. The van der Waals surface area contributed by atoms with Gasteiger partial charge in [-0.25, -0.2) is 0 Å². The topological polar surface area (TPSA) is 0 Å². The van der Waals surface area contributed by atoms with Gasteiger partial charge in [0.1, 0.15) is 0 Å². The van der Waals surface area contributed by atoms with Crippen LogP contribution in [-0.4, -0.2) is 0 Å². The predicted octanol–water partition coefficient (Wildman–Crippen LogP) is 12.0. The van der Waals surface area contributed by atoms with Crippen LogP contribution in [0.1, 0.15) is 32.9 Å². The Morgan fingerprint density at radius 1 is 0.390 bits per heavy atom. The van der Waals surface area contributed by atoms with Crippen molar-refractivity contribution < 1.29 is 32.9 Å². The standard InChI is InChI=1S/C40H24S/c1-2-11-26-22-29(21-20-25(26)10-1)38-30-14-5-7-16-32(30)39(33-17-8-6-15-31(33)38)35-19-9-18-34-36-23-27-12-3-4-13-28(27)24-37(36)41-40(34)35/h1-24H/i1D,2D,3D,4D,5D,6D,7D,8D,9D,10D,11D,12D,13D,14D,15D,16D,17D,18D,19D,20D,21D,22D,23D,24D. The summed E-state index contributed by atoms with van der Waals surface area (Å²) in [5.41, 5.74) is -2.30. The summed E-state index contributed by atoms with van der Waals surface area (Å²) >= 11 is 0.643. The summed E-state index contributed by atoms with van der Waals surface area (Å²) in [5.74, 6) is 0. The number of fused-ring (bicyclic) bond motifs is 7. The maximum absolute atomic E-state index is 9.45. The van der Waals surface area contributed by atoms with Crippen LogP contribution in [0.2, 0.25) is 0 Å².